The summed E-state index contributed by atoms with van der Waals surface area (Å²) in [6.45, 7) is -0.450. The summed E-state index contributed by atoms with van der Waals surface area (Å²) < 4.78 is 82.2. The second-order valence-electron chi connectivity index (χ2n) is 5.22. The zero-order chi connectivity index (χ0) is 18.9. The van der Waals surface area contributed by atoms with Crippen LogP contribution in [0, 0.1) is 0 Å². The first-order valence-electron chi connectivity index (χ1n) is 6.33. The molecule has 0 amide bonds. The Labute approximate surface area is 140 Å². The van der Waals surface area contributed by atoms with Crippen molar-refractivity contribution in [3.63, 3.8) is 0 Å². The minimum atomic E-state index is -4.26. The van der Waals surface area contributed by atoms with Gasteiger partial charge in [0, 0.05) is 6.54 Å². The number of hydrogen-bond donors (Lipinski definition) is 3. The second kappa shape index (κ2) is 7.46. The minimum Gasteiger partial charge on any atom is -0.389 e. The van der Waals surface area contributed by atoms with E-state index in [-0.39, 0.29) is 0 Å². The van der Waals surface area contributed by atoms with Crippen LogP contribution in [0.3, 0.4) is 0 Å². The molecule has 15 heteroatoms. The molecule has 1 aliphatic rings. The van der Waals surface area contributed by atoms with Crippen molar-refractivity contribution < 1.29 is 48.0 Å². The third-order valence-electron chi connectivity index (χ3n) is 2.73. The van der Waals surface area contributed by atoms with Crippen molar-refractivity contribution >= 4 is 30.4 Å². The summed E-state index contributed by atoms with van der Waals surface area (Å²) >= 11 is 0. The molecular formula is C9H19NO11S3. The van der Waals surface area contributed by atoms with Gasteiger partial charge in [0.2, 0.25) is 0 Å². The van der Waals surface area contributed by atoms with Crippen LogP contribution in [0.25, 0.3) is 0 Å². The van der Waals surface area contributed by atoms with Crippen LogP contribution < -0.4 is 5.32 Å². The molecule has 0 spiro atoms. The largest absolute Gasteiger partial charge is 0.389 e. The topological polar surface area (TPSA) is 183 Å². The highest BCUT2D eigenvalue weighted by Gasteiger charge is 2.48. The maximum absolute atomic E-state index is 11.4. The summed E-state index contributed by atoms with van der Waals surface area (Å²) in [5, 5.41) is 22.2. The monoisotopic (exact) mass is 413 g/mol. The van der Waals surface area contributed by atoms with Crippen LogP contribution in [0.5, 0.6) is 0 Å². The van der Waals surface area contributed by atoms with Crippen LogP contribution in [0.1, 0.15) is 0 Å². The van der Waals surface area contributed by atoms with Crippen molar-refractivity contribution in [1.82, 2.24) is 5.32 Å². The van der Waals surface area contributed by atoms with Gasteiger partial charge in [-0.3, -0.25) is 17.9 Å². The Kier molecular flexibility index (Phi) is 6.73. The minimum absolute atomic E-state index is 0.450. The smallest absolute Gasteiger partial charge is 0.264 e. The standard InChI is InChI=1S/C9H19NO11S3/c1-22(13,14)19-6-5(11)4-10-9(12)8(21-24(3,17)18)7(6)20-23(2,15)16/h5-12H,4H2,1-3H3/t5-,6-,7+,8-,9-/m1/s1. The van der Waals surface area contributed by atoms with Crippen molar-refractivity contribution in [2.24, 2.45) is 0 Å². The zero-order valence-corrected chi connectivity index (χ0v) is 15.3. The van der Waals surface area contributed by atoms with E-state index in [1.54, 1.807) is 0 Å². The van der Waals surface area contributed by atoms with Gasteiger partial charge in [-0.05, 0) is 0 Å². The van der Waals surface area contributed by atoms with Gasteiger partial charge in [0.1, 0.15) is 24.5 Å². The molecule has 1 aliphatic heterocycles. The van der Waals surface area contributed by atoms with Gasteiger partial charge >= 0.3 is 0 Å². The van der Waals surface area contributed by atoms with E-state index in [4.69, 9.17) is 0 Å². The fourth-order valence-electron chi connectivity index (χ4n) is 2.00. The highest BCUT2D eigenvalue weighted by molar-refractivity contribution is 7.86. The molecule has 0 aromatic carbocycles. The number of β-amino-alcohol motifs (C(OH)–C–C–N with tert-alkyl or cyclic N) is 1. The Morgan fingerprint density at radius 1 is 0.750 bits per heavy atom. The first-order valence-corrected chi connectivity index (χ1v) is 11.8. The lowest BCUT2D eigenvalue weighted by molar-refractivity contribution is -0.0807. The lowest BCUT2D eigenvalue weighted by Gasteiger charge is -2.31. The molecule has 1 rings (SSSR count). The van der Waals surface area contributed by atoms with Crippen molar-refractivity contribution in [3.05, 3.63) is 0 Å². The van der Waals surface area contributed by atoms with Crippen molar-refractivity contribution in [2.75, 3.05) is 25.3 Å². The van der Waals surface area contributed by atoms with Crippen LogP contribution in [0.4, 0.5) is 0 Å². The van der Waals surface area contributed by atoms with Crippen LogP contribution in [0.2, 0.25) is 0 Å². The van der Waals surface area contributed by atoms with Gasteiger partial charge in [0.05, 0.1) is 24.9 Å². The number of aliphatic hydroxyl groups is 2. The van der Waals surface area contributed by atoms with Crippen molar-refractivity contribution in [3.8, 4) is 0 Å². The van der Waals surface area contributed by atoms with Crippen LogP contribution in [0.15, 0.2) is 0 Å². The predicted molar refractivity (Wildman–Crippen MR) is 79.2 cm³/mol. The Bertz CT molecular complexity index is 696. The quantitative estimate of drug-likeness (QED) is 0.363. The van der Waals surface area contributed by atoms with Gasteiger partial charge in [-0.1, -0.05) is 0 Å². The third kappa shape index (κ3) is 7.24. The number of aliphatic hydroxyl groups excluding tert-OH is 2. The van der Waals surface area contributed by atoms with E-state index in [0.29, 0.717) is 18.8 Å². The Morgan fingerprint density at radius 3 is 1.54 bits per heavy atom. The summed E-state index contributed by atoms with van der Waals surface area (Å²) in [6.07, 6.45) is -7.31. The summed E-state index contributed by atoms with van der Waals surface area (Å²) in [4.78, 5) is 0. The summed E-state index contributed by atoms with van der Waals surface area (Å²) in [5.41, 5.74) is 0. The molecule has 12 nitrogen and oxygen atoms in total. The number of hydrogen-bond acceptors (Lipinski definition) is 12. The van der Waals surface area contributed by atoms with Gasteiger partial charge < -0.3 is 10.2 Å². The molecule has 3 N–H and O–H groups in total. The van der Waals surface area contributed by atoms with Crippen molar-refractivity contribution in [2.45, 2.75) is 30.6 Å². The third-order valence-corrected chi connectivity index (χ3v) is 4.45. The normalized spacial score (nSPS) is 33.1. The lowest BCUT2D eigenvalue weighted by atomic mass is 10.0. The molecule has 0 aromatic heterocycles. The first kappa shape index (κ1) is 21.7. The van der Waals surface area contributed by atoms with Crippen LogP contribution >= 0.6 is 0 Å². The Balaban J connectivity index is 3.38. The van der Waals surface area contributed by atoms with E-state index < -0.39 is 67.5 Å². The molecule has 0 aromatic rings. The fourth-order valence-corrected chi connectivity index (χ4v) is 3.88. The molecule has 0 unspecified atom stereocenters. The van der Waals surface area contributed by atoms with E-state index in [2.05, 4.69) is 17.9 Å². The Hall–Kier alpha value is -0.390. The summed E-state index contributed by atoms with van der Waals surface area (Å²) in [7, 11) is -12.7. The molecule has 5 atom stereocenters. The molecule has 1 heterocycles. The molecule has 24 heavy (non-hydrogen) atoms. The molecule has 1 fully saturated rings. The highest BCUT2D eigenvalue weighted by Crippen LogP contribution is 2.24. The molecule has 0 bridgehead atoms. The summed E-state index contributed by atoms with van der Waals surface area (Å²) in [5.74, 6) is 0. The van der Waals surface area contributed by atoms with Crippen LogP contribution in [-0.2, 0) is 42.9 Å². The number of rotatable bonds is 6. The zero-order valence-electron chi connectivity index (χ0n) is 12.9. The fraction of sp³-hybridized carbons (Fsp3) is 1.00. The molecule has 0 radical (unpaired) electrons. The van der Waals surface area contributed by atoms with Gasteiger partial charge in [0.25, 0.3) is 30.4 Å². The van der Waals surface area contributed by atoms with E-state index in [1.165, 1.54) is 0 Å². The van der Waals surface area contributed by atoms with E-state index >= 15 is 0 Å². The molecular weight excluding hydrogens is 394 g/mol. The van der Waals surface area contributed by atoms with Gasteiger partial charge in [0.15, 0.2) is 0 Å². The number of nitrogens with one attached hydrogen (secondary N) is 1. The molecule has 144 valence electrons. The first-order chi connectivity index (χ1) is 10.6. The van der Waals surface area contributed by atoms with E-state index in [1.807, 2.05) is 0 Å². The molecule has 1 saturated heterocycles. The average Bonchev–Trinajstić information content (AvgIpc) is 2.40. The van der Waals surface area contributed by atoms with Crippen LogP contribution in [-0.4, -0.2) is 91.4 Å². The average molecular weight is 413 g/mol. The molecule has 0 saturated carbocycles. The Morgan fingerprint density at radius 2 is 1.12 bits per heavy atom. The predicted octanol–water partition coefficient (Wildman–Crippen LogP) is -3.70. The van der Waals surface area contributed by atoms with E-state index in [9.17, 15) is 35.5 Å². The summed E-state index contributed by atoms with van der Waals surface area (Å²) in [6, 6.07) is 0. The van der Waals surface area contributed by atoms with Gasteiger partial charge in [-0.2, -0.15) is 25.3 Å². The second-order valence-corrected chi connectivity index (χ2v) is 10.0. The maximum atomic E-state index is 11.4. The molecule has 0 aliphatic carbocycles. The van der Waals surface area contributed by atoms with Gasteiger partial charge in [-0.15, -0.1) is 0 Å². The van der Waals surface area contributed by atoms with Crippen molar-refractivity contribution in [1.29, 1.82) is 0 Å². The maximum Gasteiger partial charge on any atom is 0.264 e. The lowest BCUT2D eigenvalue weighted by Crippen LogP contribution is -2.52. The highest BCUT2D eigenvalue weighted by atomic mass is 32.2. The van der Waals surface area contributed by atoms with Gasteiger partial charge in [-0.25, -0.2) is 0 Å². The van der Waals surface area contributed by atoms with E-state index in [0.717, 1.165) is 0 Å². The SMILES string of the molecule is CS(=O)(=O)O[C@@H]1[C@@H](OS(C)(=O)=O)[C@@H](O)NC[C@@H](O)[C@H]1OS(C)(=O)=O.